The van der Waals surface area contributed by atoms with Gasteiger partial charge in [0, 0.05) is 0 Å². The molecule has 2 atom stereocenters. The van der Waals surface area contributed by atoms with Crippen LogP contribution in [0.4, 0.5) is 0 Å². The summed E-state index contributed by atoms with van der Waals surface area (Å²) in [4.78, 5) is 11.8. The fourth-order valence-corrected chi connectivity index (χ4v) is 3.97. The predicted molar refractivity (Wildman–Crippen MR) is 52.6 cm³/mol. The van der Waals surface area contributed by atoms with Crippen LogP contribution < -0.4 is 0 Å². The average Bonchev–Trinajstić information content (AvgIpc) is 2.22. The number of hydrogen-bond donors (Lipinski definition) is 0. The van der Waals surface area contributed by atoms with E-state index in [0.717, 1.165) is 43.4 Å². The van der Waals surface area contributed by atoms with Crippen molar-refractivity contribution in [1.29, 1.82) is 0 Å². The van der Waals surface area contributed by atoms with Crippen LogP contribution in [0.15, 0.2) is 0 Å². The Bertz CT molecular complexity index is 268. The molecule has 0 aromatic heterocycles. The van der Waals surface area contributed by atoms with E-state index < -0.39 is 0 Å². The van der Waals surface area contributed by atoms with E-state index in [2.05, 4.69) is 13.8 Å². The van der Waals surface area contributed by atoms with Crippen molar-refractivity contribution in [3.05, 3.63) is 0 Å². The molecular weight excluding hydrogens is 176 g/mol. The van der Waals surface area contributed by atoms with Crippen LogP contribution in [-0.2, 0) is 9.53 Å². The second-order valence-electron chi connectivity index (χ2n) is 5.83. The first-order valence-electron chi connectivity index (χ1n) is 5.80. The second-order valence-corrected chi connectivity index (χ2v) is 5.83. The standard InChI is InChI=1S/C12H18O2/c1-7-9-3-8-4-10(7)6-12(2,5-9)14-11(8)13/h7-10H,3-6H2,1-2H3. The summed E-state index contributed by atoms with van der Waals surface area (Å²) in [5.41, 5.74) is -0.121. The Hall–Kier alpha value is -0.530. The molecule has 0 aromatic carbocycles. The van der Waals surface area contributed by atoms with E-state index in [1.54, 1.807) is 0 Å². The van der Waals surface area contributed by atoms with E-state index >= 15 is 0 Å². The molecule has 14 heavy (non-hydrogen) atoms. The van der Waals surface area contributed by atoms with Gasteiger partial charge in [-0.15, -0.1) is 0 Å². The molecular formula is C12H18O2. The Morgan fingerprint density at radius 2 is 1.86 bits per heavy atom. The molecule has 0 radical (unpaired) electrons. The van der Waals surface area contributed by atoms with E-state index in [4.69, 9.17) is 4.74 Å². The molecule has 0 N–H and O–H groups in total. The van der Waals surface area contributed by atoms with Crippen LogP contribution in [0.3, 0.4) is 0 Å². The van der Waals surface area contributed by atoms with Gasteiger partial charge in [0.25, 0.3) is 0 Å². The van der Waals surface area contributed by atoms with Gasteiger partial charge in [-0.05, 0) is 50.4 Å². The lowest BCUT2D eigenvalue weighted by Crippen LogP contribution is -2.42. The van der Waals surface area contributed by atoms with Crippen molar-refractivity contribution < 1.29 is 9.53 Å². The normalized spacial score (nSPS) is 55.7. The lowest BCUT2D eigenvalue weighted by Gasteiger charge is -2.46. The molecule has 4 aliphatic rings. The highest BCUT2D eigenvalue weighted by Gasteiger charge is 2.53. The number of esters is 1. The molecule has 2 saturated carbocycles. The molecule has 2 nitrogen and oxygen atoms in total. The number of carbonyl (C=O) groups excluding carboxylic acids is 1. The highest BCUT2D eigenvalue weighted by atomic mass is 16.6. The maximum Gasteiger partial charge on any atom is 0.309 e. The van der Waals surface area contributed by atoms with Crippen LogP contribution in [0.2, 0.25) is 0 Å². The zero-order valence-corrected chi connectivity index (χ0v) is 8.95. The fraction of sp³-hybridized carbons (Fsp3) is 0.917. The minimum atomic E-state index is -0.121. The number of fused-ring (bicyclic) bond motifs is 1. The molecule has 78 valence electrons. The van der Waals surface area contributed by atoms with E-state index in [0.29, 0.717) is 0 Å². The van der Waals surface area contributed by atoms with Crippen LogP contribution in [0.5, 0.6) is 0 Å². The summed E-state index contributed by atoms with van der Waals surface area (Å²) >= 11 is 0. The number of ether oxygens (including phenoxy) is 1. The van der Waals surface area contributed by atoms with Gasteiger partial charge >= 0.3 is 5.97 Å². The van der Waals surface area contributed by atoms with Crippen molar-refractivity contribution >= 4 is 5.97 Å². The van der Waals surface area contributed by atoms with E-state index in [1.807, 2.05) is 0 Å². The zero-order valence-electron chi connectivity index (χ0n) is 8.95. The number of rotatable bonds is 0. The average molecular weight is 194 g/mol. The maximum atomic E-state index is 11.8. The molecule has 0 amide bonds. The zero-order chi connectivity index (χ0) is 9.92. The molecule has 0 spiro atoms. The monoisotopic (exact) mass is 194 g/mol. The van der Waals surface area contributed by atoms with Gasteiger partial charge < -0.3 is 4.74 Å². The minimum Gasteiger partial charge on any atom is -0.459 e. The quantitative estimate of drug-likeness (QED) is 0.553. The summed E-state index contributed by atoms with van der Waals surface area (Å²) in [6, 6.07) is 0. The van der Waals surface area contributed by atoms with Gasteiger partial charge in [0.05, 0.1) is 5.92 Å². The van der Waals surface area contributed by atoms with Crippen molar-refractivity contribution in [2.75, 3.05) is 0 Å². The van der Waals surface area contributed by atoms with Crippen molar-refractivity contribution in [2.24, 2.45) is 23.7 Å². The Balaban J connectivity index is 2.01. The first kappa shape index (κ1) is 8.75. The highest BCUT2D eigenvalue weighted by molar-refractivity contribution is 5.74. The highest BCUT2D eigenvalue weighted by Crippen LogP contribution is 2.54. The lowest BCUT2D eigenvalue weighted by molar-refractivity contribution is -0.160. The summed E-state index contributed by atoms with van der Waals surface area (Å²) in [6.07, 6.45) is 4.39. The molecule has 2 heterocycles. The summed E-state index contributed by atoms with van der Waals surface area (Å²) < 4.78 is 5.63. The van der Waals surface area contributed by atoms with E-state index in [-0.39, 0.29) is 17.5 Å². The molecule has 4 bridgehead atoms. The summed E-state index contributed by atoms with van der Waals surface area (Å²) in [7, 11) is 0. The molecule has 2 heteroatoms. The Morgan fingerprint density at radius 3 is 2.43 bits per heavy atom. The molecule has 4 rings (SSSR count). The number of hydrogen-bond acceptors (Lipinski definition) is 2. The SMILES string of the molecule is CC1C2CC3CC1CC(C)(C2)OC3=O. The van der Waals surface area contributed by atoms with E-state index in [9.17, 15) is 4.79 Å². The van der Waals surface area contributed by atoms with Crippen molar-refractivity contribution in [3.8, 4) is 0 Å². The smallest absolute Gasteiger partial charge is 0.309 e. The van der Waals surface area contributed by atoms with Gasteiger partial charge in [-0.3, -0.25) is 4.79 Å². The summed E-state index contributed by atoms with van der Waals surface area (Å²) in [5, 5.41) is 0. The van der Waals surface area contributed by atoms with Gasteiger partial charge in [0.2, 0.25) is 0 Å². The van der Waals surface area contributed by atoms with Crippen LogP contribution in [0.1, 0.15) is 39.5 Å². The van der Waals surface area contributed by atoms with Crippen LogP contribution in [0.25, 0.3) is 0 Å². The molecule has 2 saturated heterocycles. The molecule has 2 unspecified atom stereocenters. The lowest BCUT2D eigenvalue weighted by atomic mass is 9.59. The van der Waals surface area contributed by atoms with E-state index in [1.165, 1.54) is 0 Å². The Kier molecular flexibility index (Phi) is 1.58. The Labute approximate surface area is 85.0 Å². The first-order valence-corrected chi connectivity index (χ1v) is 5.80. The van der Waals surface area contributed by atoms with Crippen molar-refractivity contribution in [2.45, 2.75) is 45.1 Å². The van der Waals surface area contributed by atoms with Crippen LogP contribution >= 0.6 is 0 Å². The summed E-state index contributed by atoms with van der Waals surface area (Å²) in [6.45, 7) is 4.49. The van der Waals surface area contributed by atoms with Crippen molar-refractivity contribution in [1.82, 2.24) is 0 Å². The molecule has 0 aromatic rings. The first-order chi connectivity index (χ1) is 6.57. The second kappa shape index (κ2) is 2.53. The largest absolute Gasteiger partial charge is 0.459 e. The van der Waals surface area contributed by atoms with Crippen molar-refractivity contribution in [3.63, 3.8) is 0 Å². The van der Waals surface area contributed by atoms with Gasteiger partial charge in [-0.1, -0.05) is 6.92 Å². The van der Waals surface area contributed by atoms with Crippen LogP contribution in [-0.4, -0.2) is 11.6 Å². The predicted octanol–water partition coefficient (Wildman–Crippen LogP) is 2.37. The third-order valence-corrected chi connectivity index (χ3v) is 4.73. The maximum absolute atomic E-state index is 11.8. The number of carbonyl (C=O) groups is 1. The third-order valence-electron chi connectivity index (χ3n) is 4.73. The molecule has 2 aliphatic heterocycles. The van der Waals surface area contributed by atoms with Gasteiger partial charge in [0.15, 0.2) is 0 Å². The minimum absolute atomic E-state index is 0.0874. The fourth-order valence-electron chi connectivity index (χ4n) is 3.97. The van der Waals surface area contributed by atoms with Crippen LogP contribution in [0, 0.1) is 23.7 Å². The van der Waals surface area contributed by atoms with Gasteiger partial charge in [0.1, 0.15) is 5.60 Å². The third kappa shape index (κ3) is 1.06. The van der Waals surface area contributed by atoms with Gasteiger partial charge in [-0.2, -0.15) is 0 Å². The molecule has 2 aliphatic carbocycles. The molecule has 4 fully saturated rings. The Morgan fingerprint density at radius 1 is 1.29 bits per heavy atom. The topological polar surface area (TPSA) is 26.3 Å². The van der Waals surface area contributed by atoms with Gasteiger partial charge in [-0.25, -0.2) is 0 Å². The summed E-state index contributed by atoms with van der Waals surface area (Å²) in [5.74, 6) is 2.61.